The first-order valence-corrected chi connectivity index (χ1v) is 8.34. The van der Waals surface area contributed by atoms with Crippen molar-refractivity contribution in [1.82, 2.24) is 9.97 Å². The van der Waals surface area contributed by atoms with Crippen LogP contribution in [-0.2, 0) is 0 Å². The Kier molecular flexibility index (Phi) is 5.11. The molecular formula is C18H20F3N3O. The van der Waals surface area contributed by atoms with Gasteiger partial charge in [0, 0.05) is 24.0 Å². The fraction of sp³-hybridized carbons (Fsp3) is 0.444. The Balaban J connectivity index is 1.62. The lowest BCUT2D eigenvalue weighted by Crippen LogP contribution is -2.26. The van der Waals surface area contributed by atoms with Gasteiger partial charge in [-0.05, 0) is 49.3 Å². The van der Waals surface area contributed by atoms with Crippen LogP contribution in [0.2, 0.25) is 0 Å². The third kappa shape index (κ3) is 5.08. The first-order valence-electron chi connectivity index (χ1n) is 8.34. The Morgan fingerprint density at radius 2 is 1.56 bits per heavy atom. The van der Waals surface area contributed by atoms with E-state index < -0.39 is 6.36 Å². The first kappa shape index (κ1) is 17.5. The van der Waals surface area contributed by atoms with E-state index in [1.54, 1.807) is 24.5 Å². The fourth-order valence-electron chi connectivity index (χ4n) is 2.99. The molecule has 0 radical (unpaired) electrons. The zero-order valence-electron chi connectivity index (χ0n) is 13.9. The Hall–Kier alpha value is -2.31. The maximum Gasteiger partial charge on any atom is 0.573 e. The second kappa shape index (κ2) is 7.29. The fourth-order valence-corrected chi connectivity index (χ4v) is 2.99. The molecule has 0 atom stereocenters. The number of hydrogen-bond donors (Lipinski definition) is 1. The molecule has 134 valence electrons. The Bertz CT molecular complexity index is 678. The second-order valence-corrected chi connectivity index (χ2v) is 6.47. The molecule has 1 N–H and O–H groups in total. The van der Waals surface area contributed by atoms with Gasteiger partial charge in [-0.2, -0.15) is 0 Å². The molecule has 0 saturated heterocycles. The molecule has 4 nitrogen and oxygen atoms in total. The molecule has 0 bridgehead atoms. The molecule has 1 aromatic heterocycles. The van der Waals surface area contributed by atoms with Crippen molar-refractivity contribution in [3.8, 4) is 16.9 Å². The summed E-state index contributed by atoms with van der Waals surface area (Å²) in [5, 5.41) is 3.35. The van der Waals surface area contributed by atoms with Crippen molar-refractivity contribution in [2.75, 3.05) is 5.32 Å². The number of anilines is 1. The molecule has 1 aromatic carbocycles. The number of benzene rings is 1. The minimum atomic E-state index is -4.69. The molecule has 1 heterocycles. The Labute approximate surface area is 144 Å². The Morgan fingerprint density at radius 1 is 0.960 bits per heavy atom. The molecule has 1 fully saturated rings. The van der Waals surface area contributed by atoms with E-state index in [1.807, 2.05) is 0 Å². The molecule has 0 unspecified atom stereocenters. The van der Waals surface area contributed by atoms with Crippen molar-refractivity contribution in [3.05, 3.63) is 36.7 Å². The van der Waals surface area contributed by atoms with Crippen LogP contribution in [0.15, 0.2) is 36.7 Å². The van der Waals surface area contributed by atoms with E-state index in [0.29, 0.717) is 12.0 Å². The predicted octanol–water partition coefficient (Wildman–Crippen LogP) is 5.03. The minimum Gasteiger partial charge on any atom is -0.406 e. The molecule has 0 spiro atoms. The molecule has 7 heteroatoms. The second-order valence-electron chi connectivity index (χ2n) is 6.47. The molecule has 1 aliphatic carbocycles. The van der Waals surface area contributed by atoms with E-state index in [-0.39, 0.29) is 5.75 Å². The van der Waals surface area contributed by atoms with Crippen molar-refractivity contribution in [2.45, 2.75) is 45.0 Å². The van der Waals surface area contributed by atoms with Gasteiger partial charge in [-0.3, -0.25) is 0 Å². The third-order valence-electron chi connectivity index (χ3n) is 4.42. The van der Waals surface area contributed by atoms with Crippen LogP contribution in [0.5, 0.6) is 5.75 Å². The summed E-state index contributed by atoms with van der Waals surface area (Å²) < 4.78 is 40.4. The van der Waals surface area contributed by atoms with E-state index in [1.165, 1.54) is 25.0 Å². The number of nitrogens with zero attached hydrogens (tertiary/aromatic N) is 2. The number of rotatable bonds is 4. The lowest BCUT2D eigenvalue weighted by molar-refractivity contribution is -0.274. The van der Waals surface area contributed by atoms with Gasteiger partial charge in [0.2, 0.25) is 5.95 Å². The van der Waals surface area contributed by atoms with Crippen molar-refractivity contribution >= 4 is 5.95 Å². The standard InChI is InChI=1S/C18H20F3N3O/c1-12-2-6-15(7-3-12)24-17-22-10-14(11-23-17)13-4-8-16(9-5-13)25-18(19,20)21/h4-5,8-12,15H,2-3,6-7H2,1H3,(H,22,23,24)/t12-,15+. The van der Waals surface area contributed by atoms with Crippen LogP contribution in [0.1, 0.15) is 32.6 Å². The molecular weight excluding hydrogens is 331 g/mol. The van der Waals surface area contributed by atoms with E-state index >= 15 is 0 Å². The van der Waals surface area contributed by atoms with Crippen LogP contribution < -0.4 is 10.1 Å². The molecule has 3 rings (SSSR count). The van der Waals surface area contributed by atoms with Gasteiger partial charge in [-0.25, -0.2) is 9.97 Å². The summed E-state index contributed by atoms with van der Waals surface area (Å²) in [6, 6.07) is 6.06. The van der Waals surface area contributed by atoms with Gasteiger partial charge in [-0.1, -0.05) is 19.1 Å². The van der Waals surface area contributed by atoms with Crippen LogP contribution >= 0.6 is 0 Å². The van der Waals surface area contributed by atoms with Crippen molar-refractivity contribution in [2.24, 2.45) is 5.92 Å². The molecule has 0 amide bonds. The Morgan fingerprint density at radius 3 is 2.12 bits per heavy atom. The number of halogens is 3. The van der Waals surface area contributed by atoms with Crippen molar-refractivity contribution in [3.63, 3.8) is 0 Å². The number of ether oxygens (including phenoxy) is 1. The largest absolute Gasteiger partial charge is 0.573 e. The van der Waals surface area contributed by atoms with Crippen LogP contribution in [0.4, 0.5) is 19.1 Å². The van der Waals surface area contributed by atoms with Gasteiger partial charge < -0.3 is 10.1 Å². The van der Waals surface area contributed by atoms with Crippen molar-refractivity contribution in [1.29, 1.82) is 0 Å². The lowest BCUT2D eigenvalue weighted by atomic mass is 9.87. The smallest absolute Gasteiger partial charge is 0.406 e. The summed E-state index contributed by atoms with van der Waals surface area (Å²) in [5.41, 5.74) is 1.47. The minimum absolute atomic E-state index is 0.248. The molecule has 2 aromatic rings. The van der Waals surface area contributed by atoms with Crippen molar-refractivity contribution < 1.29 is 17.9 Å². The summed E-state index contributed by atoms with van der Waals surface area (Å²) in [6.45, 7) is 2.27. The van der Waals surface area contributed by atoms with Gasteiger partial charge in [0.15, 0.2) is 0 Å². The third-order valence-corrected chi connectivity index (χ3v) is 4.42. The summed E-state index contributed by atoms with van der Waals surface area (Å²) in [4.78, 5) is 8.63. The van der Waals surface area contributed by atoms with Gasteiger partial charge in [0.1, 0.15) is 5.75 Å². The molecule has 25 heavy (non-hydrogen) atoms. The van der Waals surface area contributed by atoms with E-state index in [9.17, 15) is 13.2 Å². The highest BCUT2D eigenvalue weighted by Gasteiger charge is 2.31. The monoisotopic (exact) mass is 351 g/mol. The van der Waals surface area contributed by atoms with E-state index in [0.717, 1.165) is 29.9 Å². The highest BCUT2D eigenvalue weighted by molar-refractivity contribution is 5.62. The molecule has 1 aliphatic rings. The van der Waals surface area contributed by atoms with Gasteiger partial charge in [0.25, 0.3) is 0 Å². The zero-order chi connectivity index (χ0) is 17.9. The number of aromatic nitrogens is 2. The quantitative estimate of drug-likeness (QED) is 0.839. The average molecular weight is 351 g/mol. The van der Waals surface area contributed by atoms with E-state index in [4.69, 9.17) is 0 Å². The van der Waals surface area contributed by atoms with Gasteiger partial charge in [-0.15, -0.1) is 13.2 Å². The average Bonchev–Trinajstić information content (AvgIpc) is 2.57. The van der Waals surface area contributed by atoms with Gasteiger partial charge >= 0.3 is 6.36 Å². The number of alkyl halides is 3. The molecule has 0 aliphatic heterocycles. The van der Waals surface area contributed by atoms with Crippen LogP contribution in [0, 0.1) is 5.92 Å². The molecule has 1 saturated carbocycles. The highest BCUT2D eigenvalue weighted by atomic mass is 19.4. The SMILES string of the molecule is C[C@H]1CC[C@@H](Nc2ncc(-c3ccc(OC(F)(F)F)cc3)cn2)CC1. The predicted molar refractivity (Wildman–Crippen MR) is 89.2 cm³/mol. The topological polar surface area (TPSA) is 47.0 Å². The summed E-state index contributed by atoms with van der Waals surface area (Å²) in [6.07, 6.45) is 3.31. The summed E-state index contributed by atoms with van der Waals surface area (Å²) in [7, 11) is 0. The highest BCUT2D eigenvalue weighted by Crippen LogP contribution is 2.27. The van der Waals surface area contributed by atoms with E-state index in [2.05, 4.69) is 26.9 Å². The van der Waals surface area contributed by atoms with Crippen LogP contribution in [-0.4, -0.2) is 22.4 Å². The zero-order valence-corrected chi connectivity index (χ0v) is 13.9. The summed E-state index contributed by atoms with van der Waals surface area (Å²) in [5.74, 6) is 1.12. The number of hydrogen-bond acceptors (Lipinski definition) is 4. The lowest BCUT2D eigenvalue weighted by Gasteiger charge is -2.26. The van der Waals surface area contributed by atoms with Crippen LogP contribution in [0.3, 0.4) is 0 Å². The number of nitrogens with one attached hydrogen (secondary N) is 1. The maximum absolute atomic E-state index is 12.2. The summed E-state index contributed by atoms with van der Waals surface area (Å²) >= 11 is 0. The normalized spacial score (nSPS) is 21.0. The van der Waals surface area contributed by atoms with Gasteiger partial charge in [0.05, 0.1) is 0 Å². The maximum atomic E-state index is 12.2. The van der Waals surface area contributed by atoms with Crippen LogP contribution in [0.25, 0.3) is 11.1 Å². The first-order chi connectivity index (χ1) is 11.9.